The van der Waals surface area contributed by atoms with Gasteiger partial charge in [-0.1, -0.05) is 26.0 Å². The zero-order valence-electron chi connectivity index (χ0n) is 10.7. The molecule has 4 nitrogen and oxygen atoms in total. The quantitative estimate of drug-likeness (QED) is 0.857. The molecule has 1 unspecified atom stereocenters. The van der Waals surface area contributed by atoms with E-state index in [-0.39, 0.29) is 17.8 Å². The Morgan fingerprint density at radius 1 is 1.32 bits per heavy atom. The van der Waals surface area contributed by atoms with Crippen molar-refractivity contribution in [1.29, 1.82) is 5.26 Å². The first-order valence-corrected chi connectivity index (χ1v) is 6.00. The molecular weight excluding hydrogens is 245 g/mol. The third kappa shape index (κ3) is 2.58. The van der Waals surface area contributed by atoms with Crippen LogP contribution in [-0.4, -0.2) is 6.03 Å². The van der Waals surface area contributed by atoms with E-state index in [1.807, 2.05) is 13.8 Å². The highest BCUT2D eigenvalue weighted by atomic mass is 19.1. The summed E-state index contributed by atoms with van der Waals surface area (Å²) in [5.41, 5.74) is 1.76. The van der Waals surface area contributed by atoms with Crippen molar-refractivity contribution in [2.24, 2.45) is 5.92 Å². The maximum Gasteiger partial charge on any atom is 0.319 e. The van der Waals surface area contributed by atoms with Crippen molar-refractivity contribution in [3.05, 3.63) is 46.9 Å². The van der Waals surface area contributed by atoms with Crippen LogP contribution in [-0.2, 0) is 0 Å². The standard InChI is InChI=1S/C14H14FN3O/c1-8(2)12-11(7-16)13(18-14(19)17-12)9-3-5-10(15)6-4-9/h3-6,8,13H,1-2H3,(H2,17,18,19). The molecule has 2 amide bonds. The third-order valence-corrected chi connectivity index (χ3v) is 3.00. The summed E-state index contributed by atoms with van der Waals surface area (Å²) in [6.07, 6.45) is 0. The number of carbonyl (C=O) groups excluding carboxylic acids is 1. The Labute approximate surface area is 110 Å². The Bertz CT molecular complexity index is 569. The van der Waals surface area contributed by atoms with E-state index in [4.69, 9.17) is 0 Å². The number of nitrogens with one attached hydrogen (secondary N) is 2. The Hall–Kier alpha value is -2.35. The normalized spacial score (nSPS) is 18.9. The van der Waals surface area contributed by atoms with Crippen LogP contribution in [0, 0.1) is 23.1 Å². The van der Waals surface area contributed by atoms with Crippen LogP contribution in [0.5, 0.6) is 0 Å². The molecule has 2 rings (SSSR count). The summed E-state index contributed by atoms with van der Waals surface area (Å²) in [4.78, 5) is 11.7. The Kier molecular flexibility index (Phi) is 3.52. The number of hydrogen-bond donors (Lipinski definition) is 2. The molecule has 1 aromatic rings. The summed E-state index contributed by atoms with van der Waals surface area (Å²) in [7, 11) is 0. The topological polar surface area (TPSA) is 64.9 Å². The number of nitriles is 1. The van der Waals surface area contributed by atoms with Gasteiger partial charge in [-0.3, -0.25) is 0 Å². The average Bonchev–Trinajstić information content (AvgIpc) is 2.38. The van der Waals surface area contributed by atoms with Gasteiger partial charge in [0.05, 0.1) is 17.7 Å². The van der Waals surface area contributed by atoms with Gasteiger partial charge in [0, 0.05) is 5.70 Å². The molecule has 98 valence electrons. The smallest absolute Gasteiger partial charge is 0.319 e. The van der Waals surface area contributed by atoms with Crippen LogP contribution in [0.25, 0.3) is 0 Å². The van der Waals surface area contributed by atoms with Crippen LogP contribution in [0.2, 0.25) is 0 Å². The Balaban J connectivity index is 2.48. The minimum atomic E-state index is -0.531. The molecule has 1 aliphatic rings. The molecule has 0 spiro atoms. The zero-order chi connectivity index (χ0) is 14.0. The van der Waals surface area contributed by atoms with Crippen LogP contribution in [0.3, 0.4) is 0 Å². The molecular formula is C14H14FN3O. The van der Waals surface area contributed by atoms with E-state index in [2.05, 4.69) is 16.7 Å². The second kappa shape index (κ2) is 5.11. The molecule has 0 bridgehead atoms. The fourth-order valence-electron chi connectivity index (χ4n) is 2.07. The lowest BCUT2D eigenvalue weighted by Gasteiger charge is -2.28. The van der Waals surface area contributed by atoms with E-state index in [0.29, 0.717) is 16.8 Å². The molecule has 19 heavy (non-hydrogen) atoms. The monoisotopic (exact) mass is 259 g/mol. The van der Waals surface area contributed by atoms with E-state index in [1.54, 1.807) is 12.1 Å². The Morgan fingerprint density at radius 2 is 1.95 bits per heavy atom. The van der Waals surface area contributed by atoms with Gasteiger partial charge in [-0.25, -0.2) is 9.18 Å². The van der Waals surface area contributed by atoms with Gasteiger partial charge in [0.25, 0.3) is 0 Å². The maximum atomic E-state index is 12.9. The van der Waals surface area contributed by atoms with Crippen molar-refractivity contribution < 1.29 is 9.18 Å². The summed E-state index contributed by atoms with van der Waals surface area (Å²) in [5.74, 6) is -0.320. The van der Waals surface area contributed by atoms with Crippen molar-refractivity contribution in [3.8, 4) is 6.07 Å². The predicted octanol–water partition coefficient (Wildman–Crippen LogP) is 2.61. The van der Waals surface area contributed by atoms with Gasteiger partial charge in [-0.05, 0) is 23.6 Å². The summed E-state index contributed by atoms with van der Waals surface area (Å²) < 4.78 is 12.9. The highest BCUT2D eigenvalue weighted by Gasteiger charge is 2.29. The molecule has 0 aliphatic carbocycles. The zero-order valence-corrected chi connectivity index (χ0v) is 10.7. The molecule has 1 atom stereocenters. The molecule has 0 fully saturated rings. The summed E-state index contributed by atoms with van der Waals surface area (Å²) in [6.45, 7) is 3.81. The molecule has 0 saturated heterocycles. The number of nitrogens with zero attached hydrogens (tertiary/aromatic N) is 1. The Morgan fingerprint density at radius 3 is 2.47 bits per heavy atom. The molecule has 1 aromatic carbocycles. The second-order valence-corrected chi connectivity index (χ2v) is 4.68. The minimum absolute atomic E-state index is 0.0312. The van der Waals surface area contributed by atoms with Crippen LogP contribution in [0.4, 0.5) is 9.18 Å². The summed E-state index contributed by atoms with van der Waals surface area (Å²) in [6, 6.07) is 7.01. The number of rotatable bonds is 2. The fraction of sp³-hybridized carbons (Fsp3) is 0.286. The number of halogens is 1. The first kappa shape index (κ1) is 13.1. The summed E-state index contributed by atoms with van der Waals surface area (Å²) >= 11 is 0. The molecule has 0 radical (unpaired) electrons. The highest BCUT2D eigenvalue weighted by Crippen LogP contribution is 2.28. The van der Waals surface area contributed by atoms with Crippen LogP contribution < -0.4 is 10.6 Å². The minimum Gasteiger partial charge on any atom is -0.326 e. The number of amides is 2. The van der Waals surface area contributed by atoms with E-state index >= 15 is 0 Å². The lowest BCUT2D eigenvalue weighted by Crippen LogP contribution is -2.45. The average molecular weight is 259 g/mol. The SMILES string of the molecule is CC(C)C1=C(C#N)C(c2ccc(F)cc2)NC(=O)N1. The second-order valence-electron chi connectivity index (χ2n) is 4.68. The molecule has 5 heteroatoms. The van der Waals surface area contributed by atoms with E-state index in [1.165, 1.54) is 12.1 Å². The highest BCUT2D eigenvalue weighted by molar-refractivity contribution is 5.79. The predicted molar refractivity (Wildman–Crippen MR) is 68.3 cm³/mol. The van der Waals surface area contributed by atoms with Crippen molar-refractivity contribution in [1.82, 2.24) is 10.6 Å². The van der Waals surface area contributed by atoms with Crippen molar-refractivity contribution in [2.45, 2.75) is 19.9 Å². The molecule has 2 N–H and O–H groups in total. The maximum absolute atomic E-state index is 12.9. The van der Waals surface area contributed by atoms with Gasteiger partial charge >= 0.3 is 6.03 Å². The molecule has 0 saturated carbocycles. The molecule has 1 heterocycles. The van der Waals surface area contributed by atoms with Gasteiger partial charge in [0.2, 0.25) is 0 Å². The number of benzene rings is 1. The largest absolute Gasteiger partial charge is 0.326 e. The van der Waals surface area contributed by atoms with Crippen molar-refractivity contribution in [2.75, 3.05) is 0 Å². The number of urea groups is 1. The van der Waals surface area contributed by atoms with Gasteiger partial charge in [0.15, 0.2) is 0 Å². The van der Waals surface area contributed by atoms with Crippen LogP contribution in [0.1, 0.15) is 25.5 Å². The van der Waals surface area contributed by atoms with E-state index in [0.717, 1.165) is 0 Å². The van der Waals surface area contributed by atoms with Gasteiger partial charge in [-0.15, -0.1) is 0 Å². The lowest BCUT2D eigenvalue weighted by molar-refractivity contribution is 0.237. The number of carbonyl (C=O) groups is 1. The van der Waals surface area contributed by atoms with Crippen LogP contribution >= 0.6 is 0 Å². The van der Waals surface area contributed by atoms with E-state index < -0.39 is 6.04 Å². The van der Waals surface area contributed by atoms with Crippen LogP contribution in [0.15, 0.2) is 35.5 Å². The third-order valence-electron chi connectivity index (χ3n) is 3.00. The first-order valence-electron chi connectivity index (χ1n) is 6.00. The van der Waals surface area contributed by atoms with Crippen molar-refractivity contribution >= 4 is 6.03 Å². The van der Waals surface area contributed by atoms with E-state index in [9.17, 15) is 14.4 Å². The van der Waals surface area contributed by atoms with Crippen molar-refractivity contribution in [3.63, 3.8) is 0 Å². The molecule has 1 aliphatic heterocycles. The summed E-state index contributed by atoms with van der Waals surface area (Å²) in [5, 5.41) is 14.7. The van der Waals surface area contributed by atoms with Gasteiger partial charge in [-0.2, -0.15) is 5.26 Å². The molecule has 0 aromatic heterocycles. The van der Waals surface area contributed by atoms with Gasteiger partial charge in [0.1, 0.15) is 5.82 Å². The van der Waals surface area contributed by atoms with Gasteiger partial charge < -0.3 is 10.6 Å². The number of allylic oxidation sites excluding steroid dienone is 1. The fourth-order valence-corrected chi connectivity index (χ4v) is 2.07. The lowest BCUT2D eigenvalue weighted by atomic mass is 9.92. The first-order chi connectivity index (χ1) is 9.02. The number of hydrogen-bond acceptors (Lipinski definition) is 2.